The number of carbonyl (C=O) groups excluding carboxylic acids is 2. The van der Waals surface area contributed by atoms with Crippen molar-refractivity contribution in [3.8, 4) is 0 Å². The van der Waals surface area contributed by atoms with E-state index in [1.165, 1.54) is 11.1 Å². The van der Waals surface area contributed by atoms with Crippen LogP contribution in [-0.4, -0.2) is 35.8 Å². The second-order valence-electron chi connectivity index (χ2n) is 7.39. The van der Waals surface area contributed by atoms with Gasteiger partial charge in [-0.2, -0.15) is 0 Å². The fraction of sp³-hybridized carbons (Fsp3) is 0.417. The molecule has 2 aromatic rings. The average Bonchev–Trinajstić information content (AvgIpc) is 2.69. The van der Waals surface area contributed by atoms with Crippen LogP contribution in [0, 0.1) is 13.8 Å². The minimum absolute atomic E-state index is 0.0154. The van der Waals surface area contributed by atoms with Crippen LogP contribution in [0.3, 0.4) is 0 Å². The summed E-state index contributed by atoms with van der Waals surface area (Å²) in [5.41, 5.74) is 4.53. The molecule has 1 unspecified atom stereocenters. The van der Waals surface area contributed by atoms with E-state index in [4.69, 9.17) is 0 Å². The molecule has 0 saturated heterocycles. The molecular formula is C24H32N2O2. The van der Waals surface area contributed by atoms with Gasteiger partial charge in [0.15, 0.2) is 0 Å². The number of aryl methyl sites for hydroxylation is 2. The first-order valence-electron chi connectivity index (χ1n) is 10.1. The number of hydrogen-bond acceptors (Lipinski definition) is 2. The van der Waals surface area contributed by atoms with Gasteiger partial charge in [-0.15, -0.1) is 0 Å². The first-order valence-corrected chi connectivity index (χ1v) is 10.1. The number of rotatable bonds is 9. The number of benzene rings is 2. The highest BCUT2D eigenvalue weighted by Crippen LogP contribution is 2.13. The van der Waals surface area contributed by atoms with Gasteiger partial charge >= 0.3 is 0 Å². The molecular weight excluding hydrogens is 348 g/mol. The molecule has 0 spiro atoms. The maximum atomic E-state index is 13.1. The maximum Gasteiger partial charge on any atom is 0.242 e. The van der Waals surface area contributed by atoms with E-state index in [0.717, 1.165) is 24.0 Å². The maximum absolute atomic E-state index is 13.1. The molecule has 0 aliphatic heterocycles. The highest BCUT2D eigenvalue weighted by atomic mass is 16.2. The predicted molar refractivity (Wildman–Crippen MR) is 114 cm³/mol. The molecule has 0 heterocycles. The smallest absolute Gasteiger partial charge is 0.242 e. The molecule has 2 rings (SSSR count). The van der Waals surface area contributed by atoms with E-state index in [1.807, 2.05) is 56.3 Å². The molecule has 0 radical (unpaired) electrons. The van der Waals surface area contributed by atoms with Crippen LogP contribution < -0.4 is 5.32 Å². The fourth-order valence-corrected chi connectivity index (χ4v) is 3.16. The van der Waals surface area contributed by atoms with Crippen LogP contribution in [0.4, 0.5) is 0 Å². The summed E-state index contributed by atoms with van der Waals surface area (Å²) in [7, 11) is 0. The second kappa shape index (κ2) is 10.6. The fourth-order valence-electron chi connectivity index (χ4n) is 3.16. The van der Waals surface area contributed by atoms with Crippen molar-refractivity contribution in [3.63, 3.8) is 0 Å². The summed E-state index contributed by atoms with van der Waals surface area (Å²) in [6, 6.07) is 15.7. The Morgan fingerprint density at radius 2 is 1.71 bits per heavy atom. The number of nitrogens with one attached hydrogen (secondary N) is 1. The predicted octanol–water partition coefficient (Wildman–Crippen LogP) is 3.83. The highest BCUT2D eigenvalue weighted by Gasteiger charge is 2.25. The minimum atomic E-state index is -0.491. The van der Waals surface area contributed by atoms with Gasteiger partial charge in [0.05, 0.1) is 6.42 Å². The van der Waals surface area contributed by atoms with Crippen LogP contribution in [0.25, 0.3) is 0 Å². The molecule has 4 heteroatoms. The molecule has 150 valence electrons. The van der Waals surface area contributed by atoms with Gasteiger partial charge in [0.1, 0.15) is 6.04 Å². The van der Waals surface area contributed by atoms with Gasteiger partial charge in [-0.3, -0.25) is 9.59 Å². The van der Waals surface area contributed by atoms with Gasteiger partial charge in [-0.25, -0.2) is 0 Å². The molecule has 2 amide bonds. The molecule has 0 bridgehead atoms. The van der Waals surface area contributed by atoms with Crippen molar-refractivity contribution in [2.24, 2.45) is 0 Å². The molecule has 28 heavy (non-hydrogen) atoms. The summed E-state index contributed by atoms with van der Waals surface area (Å²) < 4.78 is 0. The molecule has 0 aliphatic carbocycles. The summed E-state index contributed by atoms with van der Waals surface area (Å²) in [5.74, 6) is -0.110. The van der Waals surface area contributed by atoms with Gasteiger partial charge in [0.2, 0.25) is 11.8 Å². The van der Waals surface area contributed by atoms with Crippen molar-refractivity contribution in [1.29, 1.82) is 0 Å². The third-order valence-corrected chi connectivity index (χ3v) is 5.13. The second-order valence-corrected chi connectivity index (χ2v) is 7.39. The molecule has 0 aliphatic rings. The van der Waals surface area contributed by atoms with Crippen molar-refractivity contribution >= 4 is 11.8 Å². The Balaban J connectivity index is 2.13. The SMILES string of the molecule is CCCNC(=O)C(C)N(CCc1ccccc1)C(=O)Cc1ccc(C)c(C)c1. The van der Waals surface area contributed by atoms with Crippen LogP contribution in [0.5, 0.6) is 0 Å². The number of nitrogens with zero attached hydrogens (tertiary/aromatic N) is 1. The quantitative estimate of drug-likeness (QED) is 0.719. The Kier molecular flexibility index (Phi) is 8.24. The highest BCUT2D eigenvalue weighted by molar-refractivity contribution is 5.88. The molecule has 0 saturated carbocycles. The Bertz CT molecular complexity index is 786. The summed E-state index contributed by atoms with van der Waals surface area (Å²) >= 11 is 0. The minimum Gasteiger partial charge on any atom is -0.354 e. The van der Waals surface area contributed by atoms with Crippen molar-refractivity contribution in [2.75, 3.05) is 13.1 Å². The van der Waals surface area contributed by atoms with Crippen LogP contribution in [-0.2, 0) is 22.4 Å². The van der Waals surface area contributed by atoms with Crippen molar-refractivity contribution in [2.45, 2.75) is 53.0 Å². The summed E-state index contributed by atoms with van der Waals surface area (Å²) in [5, 5.41) is 2.91. The first-order chi connectivity index (χ1) is 13.4. The topological polar surface area (TPSA) is 49.4 Å². The Labute approximate surface area is 169 Å². The van der Waals surface area contributed by atoms with Crippen LogP contribution >= 0.6 is 0 Å². The van der Waals surface area contributed by atoms with Crippen LogP contribution in [0.15, 0.2) is 48.5 Å². The summed E-state index contributed by atoms with van der Waals surface area (Å²) in [6.45, 7) is 9.09. The van der Waals surface area contributed by atoms with Gasteiger partial charge in [0, 0.05) is 13.1 Å². The zero-order chi connectivity index (χ0) is 20.5. The lowest BCUT2D eigenvalue weighted by atomic mass is 10.0. The largest absolute Gasteiger partial charge is 0.354 e. The van der Waals surface area contributed by atoms with E-state index in [9.17, 15) is 9.59 Å². The van der Waals surface area contributed by atoms with E-state index in [-0.39, 0.29) is 11.8 Å². The van der Waals surface area contributed by atoms with Gasteiger partial charge in [-0.1, -0.05) is 55.5 Å². The normalized spacial score (nSPS) is 11.7. The number of carbonyl (C=O) groups is 2. The van der Waals surface area contributed by atoms with Gasteiger partial charge < -0.3 is 10.2 Å². The molecule has 2 aromatic carbocycles. The van der Waals surface area contributed by atoms with E-state index < -0.39 is 6.04 Å². The van der Waals surface area contributed by atoms with Crippen LogP contribution in [0.2, 0.25) is 0 Å². The summed E-state index contributed by atoms with van der Waals surface area (Å²) in [4.78, 5) is 27.3. The van der Waals surface area contributed by atoms with Crippen LogP contribution in [0.1, 0.15) is 42.5 Å². The van der Waals surface area contributed by atoms with Crippen molar-refractivity contribution < 1.29 is 9.59 Å². The van der Waals surface area contributed by atoms with E-state index in [0.29, 0.717) is 19.5 Å². The zero-order valence-corrected chi connectivity index (χ0v) is 17.5. The monoisotopic (exact) mass is 380 g/mol. The van der Waals surface area contributed by atoms with E-state index in [1.54, 1.807) is 4.90 Å². The first kappa shape index (κ1) is 21.7. The third kappa shape index (κ3) is 6.22. The molecule has 0 fully saturated rings. The Hall–Kier alpha value is -2.62. The van der Waals surface area contributed by atoms with Crippen molar-refractivity contribution in [3.05, 3.63) is 70.8 Å². The molecule has 4 nitrogen and oxygen atoms in total. The number of amides is 2. The van der Waals surface area contributed by atoms with E-state index in [2.05, 4.69) is 25.2 Å². The number of hydrogen-bond donors (Lipinski definition) is 1. The lowest BCUT2D eigenvalue weighted by Gasteiger charge is -2.29. The standard InChI is InChI=1S/C24H32N2O2/c1-5-14-25-24(28)20(4)26(15-13-21-9-7-6-8-10-21)23(27)17-22-12-11-18(2)19(3)16-22/h6-12,16,20H,5,13-15,17H2,1-4H3,(H,25,28). The average molecular weight is 381 g/mol. The van der Waals surface area contributed by atoms with Gasteiger partial charge in [-0.05, 0) is 55.9 Å². The molecule has 0 aromatic heterocycles. The Morgan fingerprint density at radius 3 is 2.36 bits per heavy atom. The summed E-state index contributed by atoms with van der Waals surface area (Å²) in [6.07, 6.45) is 1.91. The van der Waals surface area contributed by atoms with E-state index >= 15 is 0 Å². The molecule has 1 atom stereocenters. The Morgan fingerprint density at radius 1 is 1.00 bits per heavy atom. The zero-order valence-electron chi connectivity index (χ0n) is 17.5. The lowest BCUT2D eigenvalue weighted by molar-refractivity contribution is -0.139. The third-order valence-electron chi connectivity index (χ3n) is 5.13. The molecule has 1 N–H and O–H groups in total. The van der Waals surface area contributed by atoms with Crippen molar-refractivity contribution in [1.82, 2.24) is 10.2 Å². The van der Waals surface area contributed by atoms with Gasteiger partial charge in [0.25, 0.3) is 0 Å². The lowest BCUT2D eigenvalue weighted by Crippen LogP contribution is -2.49.